The Labute approximate surface area is 107 Å². The van der Waals surface area contributed by atoms with Crippen LogP contribution in [-0.2, 0) is 13.5 Å². The van der Waals surface area contributed by atoms with Gasteiger partial charge in [-0.1, -0.05) is 11.8 Å². The monoisotopic (exact) mass is 255 g/mol. The maximum atomic E-state index is 4.24. The van der Waals surface area contributed by atoms with Crippen molar-refractivity contribution in [1.82, 2.24) is 24.6 Å². The number of hydrogen-bond donors (Lipinski definition) is 0. The molecule has 0 amide bonds. The maximum absolute atomic E-state index is 4.24. The lowest BCUT2D eigenvalue weighted by atomic mass is 10.3. The van der Waals surface area contributed by atoms with Gasteiger partial charge in [-0.25, -0.2) is 0 Å². The number of nitrogens with zero attached hydrogens (tertiary/aromatic N) is 5. The molecule has 0 atom stereocenters. The Morgan fingerprint density at radius 1 is 1.12 bits per heavy atom. The normalized spacial score (nSPS) is 18.8. The van der Waals surface area contributed by atoms with Crippen LogP contribution in [0.1, 0.15) is 5.82 Å². The summed E-state index contributed by atoms with van der Waals surface area (Å²) in [4.78, 5) is 4.89. The summed E-state index contributed by atoms with van der Waals surface area (Å²) in [5.74, 6) is 1.09. The highest BCUT2D eigenvalue weighted by molar-refractivity contribution is 7.98. The lowest BCUT2D eigenvalue weighted by molar-refractivity contribution is 0.154. The van der Waals surface area contributed by atoms with E-state index in [9.17, 15) is 0 Å². The van der Waals surface area contributed by atoms with Crippen molar-refractivity contribution in [3.05, 3.63) is 5.82 Å². The largest absolute Gasteiger partial charge is 0.309 e. The summed E-state index contributed by atoms with van der Waals surface area (Å²) in [6.07, 6.45) is 3.03. The van der Waals surface area contributed by atoms with Crippen molar-refractivity contribution in [2.45, 2.75) is 11.6 Å². The molecule has 5 nitrogen and oxygen atoms in total. The zero-order valence-corrected chi connectivity index (χ0v) is 11.7. The van der Waals surface area contributed by atoms with E-state index >= 15 is 0 Å². The molecule has 2 heterocycles. The molecule has 1 aliphatic rings. The number of rotatable bonds is 4. The zero-order chi connectivity index (χ0) is 12.3. The van der Waals surface area contributed by atoms with E-state index in [1.807, 2.05) is 13.3 Å². The molecule has 2 rings (SSSR count). The van der Waals surface area contributed by atoms with Gasteiger partial charge in [-0.2, -0.15) is 0 Å². The molecule has 0 N–H and O–H groups in total. The summed E-state index contributed by atoms with van der Waals surface area (Å²) in [7, 11) is 4.23. The second kappa shape index (κ2) is 5.84. The number of thioether (sulfide) groups is 1. The fraction of sp³-hybridized carbons (Fsp3) is 0.818. The Morgan fingerprint density at radius 3 is 2.41 bits per heavy atom. The predicted molar refractivity (Wildman–Crippen MR) is 70.4 cm³/mol. The average Bonchev–Trinajstić information content (AvgIpc) is 2.69. The quantitative estimate of drug-likeness (QED) is 0.725. The minimum absolute atomic E-state index is 0.994. The van der Waals surface area contributed by atoms with Gasteiger partial charge in [0, 0.05) is 46.2 Å². The first-order valence-electron chi connectivity index (χ1n) is 6.04. The summed E-state index contributed by atoms with van der Waals surface area (Å²) in [6, 6.07) is 0. The highest BCUT2D eigenvalue weighted by Gasteiger charge is 2.15. The van der Waals surface area contributed by atoms with E-state index < -0.39 is 0 Å². The molecular weight excluding hydrogens is 234 g/mol. The summed E-state index contributed by atoms with van der Waals surface area (Å²) in [5, 5.41) is 9.40. The molecule has 1 aromatic heterocycles. The number of hydrogen-bond acceptors (Lipinski definition) is 5. The van der Waals surface area contributed by atoms with Gasteiger partial charge in [-0.15, -0.1) is 10.2 Å². The van der Waals surface area contributed by atoms with Gasteiger partial charge < -0.3 is 14.4 Å². The van der Waals surface area contributed by atoms with Crippen LogP contribution in [-0.4, -0.2) is 70.6 Å². The molecule has 96 valence electrons. The van der Waals surface area contributed by atoms with Crippen molar-refractivity contribution < 1.29 is 0 Å². The molecule has 1 fully saturated rings. The van der Waals surface area contributed by atoms with Crippen molar-refractivity contribution >= 4 is 11.8 Å². The zero-order valence-electron chi connectivity index (χ0n) is 10.9. The summed E-state index contributed by atoms with van der Waals surface area (Å²) in [6.45, 7) is 5.78. The molecule has 17 heavy (non-hydrogen) atoms. The van der Waals surface area contributed by atoms with Crippen LogP contribution in [0.2, 0.25) is 0 Å². The molecule has 0 spiro atoms. The Balaban J connectivity index is 1.83. The van der Waals surface area contributed by atoms with Crippen LogP contribution >= 0.6 is 11.8 Å². The fourth-order valence-electron chi connectivity index (χ4n) is 2.07. The van der Waals surface area contributed by atoms with Crippen LogP contribution < -0.4 is 0 Å². The lowest BCUT2D eigenvalue weighted by Crippen LogP contribution is -2.45. The maximum Gasteiger partial charge on any atom is 0.190 e. The second-order valence-corrected chi connectivity index (χ2v) is 5.33. The third-order valence-corrected chi connectivity index (χ3v) is 4.08. The first-order valence-corrected chi connectivity index (χ1v) is 7.26. The highest BCUT2D eigenvalue weighted by atomic mass is 32.2. The van der Waals surface area contributed by atoms with Gasteiger partial charge in [-0.05, 0) is 13.3 Å². The second-order valence-electron chi connectivity index (χ2n) is 4.56. The summed E-state index contributed by atoms with van der Waals surface area (Å²) < 4.78 is 2.10. The van der Waals surface area contributed by atoms with E-state index in [4.69, 9.17) is 0 Å². The summed E-state index contributed by atoms with van der Waals surface area (Å²) in [5.41, 5.74) is 0. The molecule has 0 unspecified atom stereocenters. The van der Waals surface area contributed by atoms with Crippen molar-refractivity contribution in [2.24, 2.45) is 7.05 Å². The Kier molecular flexibility index (Phi) is 4.42. The van der Waals surface area contributed by atoms with Gasteiger partial charge in [0.05, 0.1) is 0 Å². The van der Waals surface area contributed by atoms with Gasteiger partial charge in [0.1, 0.15) is 5.82 Å². The first kappa shape index (κ1) is 12.9. The Hall–Kier alpha value is -0.590. The standard InChI is InChI=1S/C11H21N5S/c1-14-6-8-16(9-7-14)5-4-10-12-13-11(17-3)15(10)2/h4-9H2,1-3H3. The van der Waals surface area contributed by atoms with Gasteiger partial charge in [-0.3, -0.25) is 0 Å². The molecule has 0 aromatic carbocycles. The van der Waals surface area contributed by atoms with Crippen LogP contribution in [0.3, 0.4) is 0 Å². The topological polar surface area (TPSA) is 37.2 Å². The molecule has 0 bridgehead atoms. The predicted octanol–water partition coefficient (Wildman–Crippen LogP) is 0.327. The molecule has 0 radical (unpaired) electrons. The van der Waals surface area contributed by atoms with Crippen LogP contribution in [0.4, 0.5) is 0 Å². The van der Waals surface area contributed by atoms with Crippen LogP contribution in [0.5, 0.6) is 0 Å². The van der Waals surface area contributed by atoms with E-state index in [1.54, 1.807) is 11.8 Å². The van der Waals surface area contributed by atoms with Crippen molar-refractivity contribution in [2.75, 3.05) is 46.0 Å². The Morgan fingerprint density at radius 2 is 1.82 bits per heavy atom. The van der Waals surface area contributed by atoms with Gasteiger partial charge in [0.2, 0.25) is 0 Å². The summed E-state index contributed by atoms with van der Waals surface area (Å²) >= 11 is 1.65. The molecule has 1 aliphatic heterocycles. The van der Waals surface area contributed by atoms with Gasteiger partial charge in [0.15, 0.2) is 5.16 Å². The molecule has 0 saturated carbocycles. The van der Waals surface area contributed by atoms with Gasteiger partial charge >= 0.3 is 0 Å². The molecule has 0 aliphatic carbocycles. The minimum Gasteiger partial charge on any atom is -0.309 e. The van der Waals surface area contributed by atoms with Crippen molar-refractivity contribution in [3.63, 3.8) is 0 Å². The van der Waals surface area contributed by atoms with E-state index in [0.717, 1.165) is 23.9 Å². The number of aromatic nitrogens is 3. The number of piperazine rings is 1. The molecule has 1 aromatic rings. The molecular formula is C11H21N5S. The Bertz CT molecular complexity index is 357. The highest BCUT2D eigenvalue weighted by Crippen LogP contribution is 2.12. The van der Waals surface area contributed by atoms with Crippen molar-refractivity contribution in [3.8, 4) is 0 Å². The fourth-order valence-corrected chi connectivity index (χ4v) is 2.57. The van der Waals surface area contributed by atoms with Crippen LogP contribution in [0.15, 0.2) is 5.16 Å². The third-order valence-electron chi connectivity index (χ3n) is 3.36. The van der Waals surface area contributed by atoms with Crippen LogP contribution in [0, 0.1) is 0 Å². The number of likely N-dealkylation sites (N-methyl/N-ethyl adjacent to an activating group) is 1. The molecule has 1 saturated heterocycles. The SMILES string of the molecule is CSc1nnc(CCN2CCN(C)CC2)n1C. The van der Waals surface area contributed by atoms with E-state index in [1.165, 1.54) is 26.2 Å². The lowest BCUT2D eigenvalue weighted by Gasteiger charge is -2.32. The minimum atomic E-state index is 0.994. The van der Waals surface area contributed by atoms with Gasteiger partial charge in [0.25, 0.3) is 0 Å². The third kappa shape index (κ3) is 3.20. The van der Waals surface area contributed by atoms with E-state index in [0.29, 0.717) is 0 Å². The van der Waals surface area contributed by atoms with E-state index in [2.05, 4.69) is 31.6 Å². The van der Waals surface area contributed by atoms with E-state index in [-0.39, 0.29) is 0 Å². The van der Waals surface area contributed by atoms with Crippen LogP contribution in [0.25, 0.3) is 0 Å². The van der Waals surface area contributed by atoms with Crippen molar-refractivity contribution in [1.29, 1.82) is 0 Å². The molecule has 6 heteroatoms. The first-order chi connectivity index (χ1) is 8.20. The average molecular weight is 255 g/mol. The smallest absolute Gasteiger partial charge is 0.190 e.